The van der Waals surface area contributed by atoms with Crippen LogP contribution in [0.25, 0.3) is 22.7 Å². The molecule has 2 aromatic carbocycles. The molecule has 0 fully saturated rings. The first-order chi connectivity index (χ1) is 17.2. The average molecular weight is 489 g/mol. The summed E-state index contributed by atoms with van der Waals surface area (Å²) in [7, 11) is 12.9. The highest BCUT2D eigenvalue weighted by Gasteiger charge is 2.26. The molecule has 1 aliphatic rings. The van der Waals surface area contributed by atoms with Crippen LogP contribution in [0.5, 0.6) is 0 Å². The second-order valence-corrected chi connectivity index (χ2v) is 10.4. The first kappa shape index (κ1) is 26.0. The van der Waals surface area contributed by atoms with Crippen molar-refractivity contribution in [2.75, 3.05) is 66.3 Å². The van der Waals surface area contributed by atoms with E-state index in [1.165, 1.54) is 28.2 Å². The number of aryl methyl sites for hydroxylation is 2. The van der Waals surface area contributed by atoms with E-state index >= 15 is 0 Å². The van der Waals surface area contributed by atoms with Gasteiger partial charge in [-0.25, -0.2) is 0 Å². The van der Waals surface area contributed by atoms with Crippen LogP contribution in [0.15, 0.2) is 58.8 Å². The Balaban J connectivity index is 1.75. The maximum Gasteiger partial charge on any atom is 0.374 e. The van der Waals surface area contributed by atoms with Gasteiger partial charge in [-0.05, 0) is 90.4 Å². The van der Waals surface area contributed by atoms with Crippen molar-refractivity contribution in [3.05, 3.63) is 71.4 Å². The summed E-state index contributed by atoms with van der Waals surface area (Å²) in [6.07, 6.45) is 6.78. The first-order valence-electron chi connectivity index (χ1n) is 12.9. The monoisotopic (exact) mass is 488 g/mol. The number of fused-ring (bicyclic) bond motifs is 2. The van der Waals surface area contributed by atoms with Crippen LogP contribution in [0, 0.1) is 6.92 Å². The highest BCUT2D eigenvalue weighted by Crippen LogP contribution is 2.37. The predicted molar refractivity (Wildman–Crippen MR) is 151 cm³/mol. The number of para-hydroxylation sites is 1. The van der Waals surface area contributed by atoms with Gasteiger partial charge < -0.3 is 24.0 Å². The number of rotatable bonds is 10. The van der Waals surface area contributed by atoms with Crippen LogP contribution in [0.1, 0.15) is 29.9 Å². The van der Waals surface area contributed by atoms with Crippen LogP contribution in [0.3, 0.4) is 0 Å². The van der Waals surface area contributed by atoms with Gasteiger partial charge in [-0.3, -0.25) is 0 Å². The van der Waals surface area contributed by atoms with Gasteiger partial charge in [-0.2, -0.15) is 4.57 Å². The van der Waals surface area contributed by atoms with Crippen LogP contribution in [-0.4, -0.2) is 76.1 Å². The second kappa shape index (κ2) is 11.3. The standard InChI is InChI=1S/C30H42N5O/c1-23-14-15-28-27(20-23)34(7)30(36-28)22-24-21-29(33(6)26-13-9-8-12-25(24)26)35(18-10-16-31(2)3)19-11-17-32(4)5/h8-9,12-15,20-22H,10-11,16-19H2,1-7H3/q+1. The molecule has 0 radical (unpaired) electrons. The highest BCUT2D eigenvalue weighted by atomic mass is 16.3. The zero-order chi connectivity index (χ0) is 25.8. The minimum atomic E-state index is 0.854. The molecule has 1 aliphatic heterocycles. The van der Waals surface area contributed by atoms with Crippen molar-refractivity contribution in [1.82, 2.24) is 14.7 Å². The quantitative estimate of drug-likeness (QED) is 0.389. The minimum Gasteiger partial charge on any atom is -0.398 e. The molecule has 0 spiro atoms. The molecule has 0 N–H and O–H groups in total. The van der Waals surface area contributed by atoms with E-state index in [4.69, 9.17) is 4.42 Å². The minimum absolute atomic E-state index is 0.854. The Labute approximate surface area is 216 Å². The van der Waals surface area contributed by atoms with Gasteiger partial charge in [0.05, 0.1) is 6.08 Å². The number of benzene rings is 2. The van der Waals surface area contributed by atoms with Crippen LogP contribution < -0.4 is 9.47 Å². The average Bonchev–Trinajstić information content (AvgIpc) is 3.14. The molecule has 6 heteroatoms. The number of aromatic nitrogens is 1. The summed E-state index contributed by atoms with van der Waals surface area (Å²) in [5, 5.41) is 0. The lowest BCUT2D eigenvalue weighted by atomic mass is 9.98. The van der Waals surface area contributed by atoms with Crippen LogP contribution >= 0.6 is 0 Å². The van der Waals surface area contributed by atoms with Gasteiger partial charge in [-0.15, -0.1) is 0 Å². The third-order valence-corrected chi connectivity index (χ3v) is 6.90. The lowest BCUT2D eigenvalue weighted by Crippen LogP contribution is -2.38. The lowest BCUT2D eigenvalue weighted by Gasteiger charge is -2.38. The molecule has 0 saturated heterocycles. The number of oxazole rings is 1. The van der Waals surface area contributed by atoms with Crippen molar-refractivity contribution in [3.63, 3.8) is 0 Å². The molecule has 192 valence electrons. The van der Waals surface area contributed by atoms with E-state index in [2.05, 4.69) is 128 Å². The largest absolute Gasteiger partial charge is 0.398 e. The van der Waals surface area contributed by atoms with E-state index in [1.54, 1.807) is 0 Å². The molecule has 36 heavy (non-hydrogen) atoms. The Bertz CT molecular complexity index is 1240. The molecule has 0 unspecified atom stereocenters. The fourth-order valence-electron chi connectivity index (χ4n) is 4.90. The summed E-state index contributed by atoms with van der Waals surface area (Å²) in [5.41, 5.74) is 6.88. The second-order valence-electron chi connectivity index (χ2n) is 10.4. The van der Waals surface area contributed by atoms with Gasteiger partial charge in [0.25, 0.3) is 5.52 Å². The Kier molecular flexibility index (Phi) is 8.17. The van der Waals surface area contributed by atoms with E-state index in [0.717, 1.165) is 56.0 Å². The summed E-state index contributed by atoms with van der Waals surface area (Å²) in [6, 6.07) is 15.0. The SMILES string of the molecule is Cc1ccc2oc(/C=C3/C=C(N(CCCN(C)C)CCCN(C)C)N(C)c4ccccc43)[n+](C)c2c1. The fraction of sp³-hybridized carbons (Fsp3) is 0.433. The summed E-state index contributed by atoms with van der Waals surface area (Å²) >= 11 is 0. The molecule has 6 nitrogen and oxygen atoms in total. The summed E-state index contributed by atoms with van der Waals surface area (Å²) in [5.74, 6) is 2.10. The van der Waals surface area contributed by atoms with E-state index in [1.807, 2.05) is 0 Å². The van der Waals surface area contributed by atoms with Gasteiger partial charge in [-0.1, -0.05) is 24.3 Å². The maximum atomic E-state index is 6.30. The number of hydrogen-bond donors (Lipinski definition) is 0. The molecule has 0 bridgehead atoms. The van der Waals surface area contributed by atoms with Crippen LogP contribution in [-0.2, 0) is 7.05 Å². The van der Waals surface area contributed by atoms with E-state index in [0.29, 0.717) is 0 Å². The fourth-order valence-corrected chi connectivity index (χ4v) is 4.90. The van der Waals surface area contributed by atoms with Gasteiger partial charge in [0.15, 0.2) is 0 Å². The molecule has 0 aliphatic carbocycles. The van der Waals surface area contributed by atoms with Crippen LogP contribution in [0.2, 0.25) is 0 Å². The third kappa shape index (κ3) is 5.82. The zero-order valence-corrected chi connectivity index (χ0v) is 23.1. The smallest absolute Gasteiger partial charge is 0.374 e. The first-order valence-corrected chi connectivity index (χ1v) is 12.9. The maximum absolute atomic E-state index is 6.30. The lowest BCUT2D eigenvalue weighted by molar-refractivity contribution is -0.651. The molecule has 0 saturated carbocycles. The number of hydrogen-bond acceptors (Lipinski definition) is 5. The van der Waals surface area contributed by atoms with Crippen molar-refractivity contribution in [3.8, 4) is 0 Å². The Morgan fingerprint density at radius 1 is 0.917 bits per heavy atom. The van der Waals surface area contributed by atoms with Crippen molar-refractivity contribution in [1.29, 1.82) is 0 Å². The highest BCUT2D eigenvalue weighted by molar-refractivity contribution is 5.94. The van der Waals surface area contributed by atoms with Gasteiger partial charge in [0.2, 0.25) is 5.58 Å². The zero-order valence-electron chi connectivity index (χ0n) is 23.1. The molecule has 0 amide bonds. The van der Waals surface area contributed by atoms with Gasteiger partial charge in [0.1, 0.15) is 12.9 Å². The third-order valence-electron chi connectivity index (χ3n) is 6.90. The molecular weight excluding hydrogens is 446 g/mol. The summed E-state index contributed by atoms with van der Waals surface area (Å²) < 4.78 is 8.44. The number of allylic oxidation sites excluding steroid dienone is 2. The normalized spacial score (nSPS) is 14.8. The van der Waals surface area contributed by atoms with E-state index in [9.17, 15) is 0 Å². The molecule has 0 atom stereocenters. The van der Waals surface area contributed by atoms with Gasteiger partial charge >= 0.3 is 5.89 Å². The number of anilines is 1. The summed E-state index contributed by atoms with van der Waals surface area (Å²) in [4.78, 5) is 9.43. The van der Waals surface area contributed by atoms with Crippen LogP contribution in [0.4, 0.5) is 5.69 Å². The van der Waals surface area contributed by atoms with E-state index in [-0.39, 0.29) is 0 Å². The summed E-state index contributed by atoms with van der Waals surface area (Å²) in [6.45, 7) is 6.32. The Hall–Kier alpha value is -3.09. The molecule has 1 aromatic heterocycles. The van der Waals surface area contributed by atoms with Crippen molar-refractivity contribution < 1.29 is 8.98 Å². The Morgan fingerprint density at radius 2 is 1.58 bits per heavy atom. The van der Waals surface area contributed by atoms with Crippen molar-refractivity contribution in [2.24, 2.45) is 7.05 Å². The van der Waals surface area contributed by atoms with Crippen molar-refractivity contribution in [2.45, 2.75) is 19.8 Å². The van der Waals surface area contributed by atoms with E-state index < -0.39 is 0 Å². The molecule has 4 rings (SSSR count). The van der Waals surface area contributed by atoms with Gasteiger partial charge in [0, 0.05) is 37.5 Å². The molecule has 3 aromatic rings. The number of nitrogens with zero attached hydrogens (tertiary/aromatic N) is 5. The predicted octanol–water partition coefficient (Wildman–Crippen LogP) is 4.60. The van der Waals surface area contributed by atoms with Crippen molar-refractivity contribution >= 4 is 28.4 Å². The topological polar surface area (TPSA) is 30.0 Å². The molecule has 2 heterocycles. The molecular formula is C30H42N5O+. The Morgan fingerprint density at radius 3 is 2.25 bits per heavy atom.